The standard InChI is InChI=1S/C15H25N3OS.ClH/c1-3-19-13-8-12(15(13)6-4-5-7-15)18(2)10-11-9-17-14(16)20-11;/h9,12-13H,3-8,10H2,1-2H3,(H2,16,17);1H. The highest BCUT2D eigenvalue weighted by Gasteiger charge is 2.57. The lowest BCUT2D eigenvalue weighted by atomic mass is 9.60. The molecular weight excluding hydrogens is 306 g/mol. The van der Waals surface area contributed by atoms with Crippen LogP contribution in [-0.4, -0.2) is 35.7 Å². The molecule has 120 valence electrons. The first-order valence-corrected chi connectivity index (χ1v) is 8.49. The van der Waals surface area contributed by atoms with Crippen LogP contribution in [-0.2, 0) is 11.3 Å². The van der Waals surface area contributed by atoms with Gasteiger partial charge < -0.3 is 10.5 Å². The number of rotatable bonds is 5. The molecule has 0 bridgehead atoms. The van der Waals surface area contributed by atoms with E-state index in [1.807, 2.05) is 6.20 Å². The highest BCUT2D eigenvalue weighted by molar-refractivity contribution is 7.15. The SMILES string of the molecule is CCOC1CC(N(C)Cc2cnc(N)s2)C12CCCC2.Cl. The number of hydrogen-bond acceptors (Lipinski definition) is 5. The molecule has 0 aromatic carbocycles. The van der Waals surface area contributed by atoms with Crippen molar-refractivity contribution in [2.24, 2.45) is 5.41 Å². The van der Waals surface area contributed by atoms with E-state index in [0.717, 1.165) is 13.2 Å². The van der Waals surface area contributed by atoms with Crippen molar-refractivity contribution in [3.05, 3.63) is 11.1 Å². The second-order valence-corrected chi connectivity index (χ2v) is 7.36. The molecule has 2 aliphatic carbocycles. The number of halogens is 1. The van der Waals surface area contributed by atoms with Gasteiger partial charge in [0.1, 0.15) is 0 Å². The Morgan fingerprint density at radius 2 is 2.19 bits per heavy atom. The van der Waals surface area contributed by atoms with Crippen molar-refractivity contribution in [1.29, 1.82) is 0 Å². The summed E-state index contributed by atoms with van der Waals surface area (Å²) in [5, 5.41) is 0.671. The third kappa shape index (κ3) is 3.07. The predicted octanol–water partition coefficient (Wildman–Crippen LogP) is 3.32. The highest BCUT2D eigenvalue weighted by Crippen LogP contribution is 2.56. The number of hydrogen-bond donors (Lipinski definition) is 1. The van der Waals surface area contributed by atoms with E-state index in [1.54, 1.807) is 11.3 Å². The van der Waals surface area contributed by atoms with Gasteiger partial charge in [-0.1, -0.05) is 12.8 Å². The Balaban J connectivity index is 0.00000161. The molecule has 1 spiro atoms. The molecule has 6 heteroatoms. The van der Waals surface area contributed by atoms with E-state index in [4.69, 9.17) is 10.5 Å². The molecule has 2 aliphatic rings. The van der Waals surface area contributed by atoms with E-state index in [1.165, 1.54) is 37.0 Å². The molecule has 1 aromatic rings. The molecule has 2 unspecified atom stereocenters. The minimum Gasteiger partial charge on any atom is -0.378 e. The zero-order valence-corrected chi connectivity index (χ0v) is 14.5. The maximum absolute atomic E-state index is 5.99. The van der Waals surface area contributed by atoms with Crippen LogP contribution in [0.15, 0.2) is 6.20 Å². The van der Waals surface area contributed by atoms with E-state index < -0.39 is 0 Å². The van der Waals surface area contributed by atoms with Crippen LogP contribution in [0.1, 0.15) is 43.9 Å². The average Bonchev–Trinajstić information content (AvgIpc) is 3.04. The summed E-state index contributed by atoms with van der Waals surface area (Å²) in [5.74, 6) is 0. The van der Waals surface area contributed by atoms with Gasteiger partial charge in [-0.05, 0) is 33.2 Å². The van der Waals surface area contributed by atoms with E-state index >= 15 is 0 Å². The van der Waals surface area contributed by atoms with Gasteiger partial charge in [0.2, 0.25) is 0 Å². The molecule has 2 fully saturated rings. The lowest BCUT2D eigenvalue weighted by molar-refractivity contribution is -0.162. The van der Waals surface area contributed by atoms with Crippen LogP contribution >= 0.6 is 23.7 Å². The van der Waals surface area contributed by atoms with Crippen molar-refractivity contribution in [1.82, 2.24) is 9.88 Å². The first kappa shape index (κ1) is 17.0. The normalized spacial score (nSPS) is 26.8. The lowest BCUT2D eigenvalue weighted by Crippen LogP contribution is -2.62. The van der Waals surface area contributed by atoms with Gasteiger partial charge in [0, 0.05) is 35.7 Å². The summed E-state index contributed by atoms with van der Waals surface area (Å²) in [5.41, 5.74) is 6.14. The van der Waals surface area contributed by atoms with Crippen LogP contribution in [0, 0.1) is 5.41 Å². The van der Waals surface area contributed by atoms with Crippen LogP contribution in [0.2, 0.25) is 0 Å². The minimum absolute atomic E-state index is 0. The summed E-state index contributed by atoms with van der Waals surface area (Å²) in [7, 11) is 2.24. The Hall–Kier alpha value is -0.360. The van der Waals surface area contributed by atoms with Gasteiger partial charge in [-0.15, -0.1) is 23.7 Å². The van der Waals surface area contributed by atoms with E-state index in [2.05, 4.69) is 23.9 Å². The maximum Gasteiger partial charge on any atom is 0.180 e. The number of nitrogens with zero attached hydrogens (tertiary/aromatic N) is 2. The number of thiazole rings is 1. The van der Waals surface area contributed by atoms with Gasteiger partial charge in [0.25, 0.3) is 0 Å². The summed E-state index contributed by atoms with van der Waals surface area (Å²) >= 11 is 1.60. The van der Waals surface area contributed by atoms with Crippen molar-refractivity contribution in [3.8, 4) is 0 Å². The fourth-order valence-electron chi connectivity index (χ4n) is 4.22. The highest BCUT2D eigenvalue weighted by atomic mass is 35.5. The molecule has 0 amide bonds. The van der Waals surface area contributed by atoms with E-state index in [0.29, 0.717) is 22.7 Å². The van der Waals surface area contributed by atoms with Gasteiger partial charge in [-0.25, -0.2) is 4.98 Å². The first-order valence-electron chi connectivity index (χ1n) is 7.68. The zero-order chi connectivity index (χ0) is 14.2. The third-order valence-corrected chi connectivity index (χ3v) is 5.96. The monoisotopic (exact) mass is 331 g/mol. The van der Waals surface area contributed by atoms with Crippen LogP contribution in [0.25, 0.3) is 0 Å². The number of anilines is 1. The van der Waals surface area contributed by atoms with Gasteiger partial charge in [-0.2, -0.15) is 0 Å². The quantitative estimate of drug-likeness (QED) is 0.899. The molecule has 2 saturated carbocycles. The molecule has 1 heterocycles. The Morgan fingerprint density at radius 1 is 1.48 bits per heavy atom. The van der Waals surface area contributed by atoms with Gasteiger partial charge in [-0.3, -0.25) is 4.90 Å². The third-order valence-electron chi connectivity index (χ3n) is 5.15. The molecule has 2 N–H and O–H groups in total. The second-order valence-electron chi connectivity index (χ2n) is 6.22. The van der Waals surface area contributed by atoms with E-state index in [-0.39, 0.29) is 12.4 Å². The van der Waals surface area contributed by atoms with Crippen molar-refractivity contribution in [2.75, 3.05) is 19.4 Å². The van der Waals surface area contributed by atoms with Crippen LogP contribution in [0.3, 0.4) is 0 Å². The summed E-state index contributed by atoms with van der Waals surface area (Å²) in [6.07, 6.45) is 8.96. The predicted molar refractivity (Wildman–Crippen MR) is 90.0 cm³/mol. The molecule has 2 atom stereocenters. The minimum atomic E-state index is 0. The van der Waals surface area contributed by atoms with Gasteiger partial charge in [0.15, 0.2) is 5.13 Å². The Morgan fingerprint density at radius 3 is 2.76 bits per heavy atom. The second kappa shape index (κ2) is 6.82. The number of nitrogens with two attached hydrogens (primary N) is 1. The molecule has 4 nitrogen and oxygen atoms in total. The molecule has 1 aromatic heterocycles. The van der Waals surface area contributed by atoms with Crippen molar-refractivity contribution in [2.45, 2.75) is 57.7 Å². The maximum atomic E-state index is 5.99. The Bertz CT molecular complexity index is 462. The Labute approximate surface area is 137 Å². The molecule has 3 rings (SSSR count). The topological polar surface area (TPSA) is 51.4 Å². The number of nitrogen functional groups attached to an aromatic ring is 1. The fourth-order valence-corrected chi connectivity index (χ4v) is 4.97. The van der Waals surface area contributed by atoms with E-state index in [9.17, 15) is 0 Å². The number of aromatic nitrogens is 1. The van der Waals surface area contributed by atoms with Crippen molar-refractivity contribution >= 4 is 28.9 Å². The zero-order valence-electron chi connectivity index (χ0n) is 12.9. The summed E-state index contributed by atoms with van der Waals surface area (Å²) in [6, 6.07) is 0.657. The van der Waals surface area contributed by atoms with Crippen LogP contribution < -0.4 is 5.73 Å². The van der Waals surface area contributed by atoms with Crippen LogP contribution in [0.4, 0.5) is 5.13 Å². The van der Waals surface area contributed by atoms with Crippen molar-refractivity contribution < 1.29 is 4.74 Å². The smallest absolute Gasteiger partial charge is 0.180 e. The average molecular weight is 332 g/mol. The molecule has 0 radical (unpaired) electrons. The lowest BCUT2D eigenvalue weighted by Gasteiger charge is -2.57. The summed E-state index contributed by atoms with van der Waals surface area (Å²) < 4.78 is 5.99. The van der Waals surface area contributed by atoms with Gasteiger partial charge in [0.05, 0.1) is 6.10 Å². The molecule has 0 saturated heterocycles. The van der Waals surface area contributed by atoms with Gasteiger partial charge >= 0.3 is 0 Å². The van der Waals surface area contributed by atoms with Crippen molar-refractivity contribution in [3.63, 3.8) is 0 Å². The van der Waals surface area contributed by atoms with Crippen LogP contribution in [0.5, 0.6) is 0 Å². The largest absolute Gasteiger partial charge is 0.378 e. The Kier molecular flexibility index (Phi) is 5.52. The summed E-state index contributed by atoms with van der Waals surface area (Å²) in [6.45, 7) is 3.91. The summed E-state index contributed by atoms with van der Waals surface area (Å²) in [4.78, 5) is 7.91. The molecular formula is C15H26ClN3OS. The molecule has 0 aliphatic heterocycles. The molecule has 21 heavy (non-hydrogen) atoms. The number of ether oxygens (including phenoxy) is 1. The fraction of sp³-hybridized carbons (Fsp3) is 0.800. The first-order chi connectivity index (χ1) is 9.65.